The maximum absolute atomic E-state index is 10.6. The van der Waals surface area contributed by atoms with E-state index in [4.69, 9.17) is 0 Å². The Kier molecular flexibility index (Phi) is 4.23. The van der Waals surface area contributed by atoms with Gasteiger partial charge in [-0.3, -0.25) is 4.79 Å². The van der Waals surface area contributed by atoms with Crippen LogP contribution in [0.1, 0.15) is 50.8 Å². The molecule has 1 amide bonds. The Labute approximate surface area is 132 Å². The Hall–Kier alpha value is -1.77. The minimum Gasteiger partial charge on any atom is -0.359 e. The van der Waals surface area contributed by atoms with E-state index in [0.717, 1.165) is 32.3 Å². The highest BCUT2D eigenvalue weighted by Crippen LogP contribution is 2.44. The van der Waals surface area contributed by atoms with Gasteiger partial charge in [0.1, 0.15) is 0 Å². The summed E-state index contributed by atoms with van der Waals surface area (Å²) in [5.74, 6) is 0. The van der Waals surface area contributed by atoms with Gasteiger partial charge in [0.2, 0.25) is 6.41 Å². The maximum Gasteiger partial charge on any atom is 0.207 e. The molecule has 1 atom stereocenters. The third kappa shape index (κ3) is 2.43. The topological polar surface area (TPSA) is 34.0 Å². The lowest BCUT2D eigenvalue weighted by Gasteiger charge is -2.36. The van der Waals surface area contributed by atoms with Crippen molar-refractivity contribution in [3.05, 3.63) is 35.5 Å². The second-order valence-corrected chi connectivity index (χ2v) is 6.73. The monoisotopic (exact) mass is 298 g/mol. The van der Waals surface area contributed by atoms with E-state index in [9.17, 15) is 4.79 Å². The fourth-order valence-electron chi connectivity index (χ4n) is 4.20. The van der Waals surface area contributed by atoms with Crippen molar-refractivity contribution in [3.63, 3.8) is 0 Å². The largest absolute Gasteiger partial charge is 0.359 e. The Morgan fingerprint density at radius 1 is 1.36 bits per heavy atom. The van der Waals surface area contributed by atoms with E-state index in [1.54, 1.807) is 5.56 Å². The van der Waals surface area contributed by atoms with Crippen molar-refractivity contribution in [2.45, 2.75) is 57.9 Å². The van der Waals surface area contributed by atoms with Crippen LogP contribution in [-0.2, 0) is 23.2 Å². The van der Waals surface area contributed by atoms with Crippen molar-refractivity contribution in [2.75, 3.05) is 6.54 Å². The number of hydrogen-bond donors (Lipinski definition) is 1. The van der Waals surface area contributed by atoms with E-state index in [-0.39, 0.29) is 5.41 Å². The van der Waals surface area contributed by atoms with Crippen LogP contribution < -0.4 is 5.32 Å². The predicted octanol–water partition coefficient (Wildman–Crippen LogP) is 3.78. The second kappa shape index (κ2) is 6.15. The molecule has 3 rings (SSSR count). The van der Waals surface area contributed by atoms with Crippen LogP contribution in [-0.4, -0.2) is 17.5 Å². The molecule has 1 aliphatic rings. The van der Waals surface area contributed by atoms with Gasteiger partial charge in [0.05, 0.1) is 0 Å². The highest BCUT2D eigenvalue weighted by atomic mass is 16.1. The third-order valence-corrected chi connectivity index (χ3v) is 5.15. The predicted molar refractivity (Wildman–Crippen MR) is 91.2 cm³/mol. The summed E-state index contributed by atoms with van der Waals surface area (Å²) < 4.78 is 2.55. The van der Waals surface area contributed by atoms with Gasteiger partial charge >= 0.3 is 0 Å². The summed E-state index contributed by atoms with van der Waals surface area (Å²) >= 11 is 0. The SMILES string of the molecule is CCCn1c2c(c3ccccc31)CCCC2(C)CCNC=O. The quantitative estimate of drug-likeness (QED) is 0.639. The summed E-state index contributed by atoms with van der Waals surface area (Å²) in [6.07, 6.45) is 6.61. The third-order valence-electron chi connectivity index (χ3n) is 5.15. The molecular formula is C19H26N2O. The number of aromatic nitrogens is 1. The maximum atomic E-state index is 10.6. The number of carbonyl (C=O) groups is 1. The zero-order valence-electron chi connectivity index (χ0n) is 13.7. The number of amides is 1. The second-order valence-electron chi connectivity index (χ2n) is 6.73. The molecule has 1 N–H and O–H groups in total. The number of rotatable bonds is 6. The first-order valence-electron chi connectivity index (χ1n) is 8.49. The van der Waals surface area contributed by atoms with Gasteiger partial charge in [-0.1, -0.05) is 32.0 Å². The van der Waals surface area contributed by atoms with Crippen LogP contribution in [0.4, 0.5) is 0 Å². The average Bonchev–Trinajstić information content (AvgIpc) is 2.84. The number of fused-ring (bicyclic) bond motifs is 3. The number of carbonyl (C=O) groups excluding carboxylic acids is 1. The van der Waals surface area contributed by atoms with Gasteiger partial charge in [0.15, 0.2) is 0 Å². The van der Waals surface area contributed by atoms with Crippen LogP contribution in [0.5, 0.6) is 0 Å². The lowest BCUT2D eigenvalue weighted by atomic mass is 9.72. The summed E-state index contributed by atoms with van der Waals surface area (Å²) in [4.78, 5) is 10.6. The molecule has 0 saturated carbocycles. The highest BCUT2D eigenvalue weighted by molar-refractivity contribution is 5.86. The summed E-state index contributed by atoms with van der Waals surface area (Å²) in [6.45, 7) is 6.46. The Bertz CT molecular complexity index is 673. The van der Waals surface area contributed by atoms with E-state index in [0.29, 0.717) is 0 Å². The van der Waals surface area contributed by atoms with E-state index in [2.05, 4.69) is 48.0 Å². The zero-order chi connectivity index (χ0) is 15.6. The van der Waals surface area contributed by atoms with Crippen molar-refractivity contribution in [2.24, 2.45) is 0 Å². The number of benzene rings is 1. The van der Waals surface area contributed by atoms with Crippen LogP contribution in [0.15, 0.2) is 24.3 Å². The molecule has 1 heterocycles. The van der Waals surface area contributed by atoms with Crippen molar-refractivity contribution < 1.29 is 4.79 Å². The molecule has 0 saturated heterocycles. The molecule has 1 aromatic heterocycles. The Morgan fingerprint density at radius 2 is 2.18 bits per heavy atom. The minimum atomic E-state index is 0.164. The fourth-order valence-corrected chi connectivity index (χ4v) is 4.20. The van der Waals surface area contributed by atoms with Crippen molar-refractivity contribution in [3.8, 4) is 0 Å². The Balaban J connectivity index is 2.13. The van der Waals surface area contributed by atoms with Gasteiger partial charge in [-0.05, 0) is 43.7 Å². The first-order valence-corrected chi connectivity index (χ1v) is 8.49. The lowest BCUT2D eigenvalue weighted by Crippen LogP contribution is -2.33. The summed E-state index contributed by atoms with van der Waals surface area (Å²) in [7, 11) is 0. The van der Waals surface area contributed by atoms with Gasteiger partial charge in [-0.25, -0.2) is 0 Å². The molecule has 22 heavy (non-hydrogen) atoms. The van der Waals surface area contributed by atoms with Crippen LogP contribution >= 0.6 is 0 Å². The fraction of sp³-hybridized carbons (Fsp3) is 0.526. The number of hydrogen-bond acceptors (Lipinski definition) is 1. The molecule has 0 spiro atoms. The van der Waals surface area contributed by atoms with Gasteiger partial charge < -0.3 is 9.88 Å². The van der Waals surface area contributed by atoms with E-state index >= 15 is 0 Å². The first-order chi connectivity index (χ1) is 10.7. The number of nitrogens with zero attached hydrogens (tertiary/aromatic N) is 1. The standard InChI is InChI=1S/C19H26N2O/c1-3-13-21-17-9-5-4-7-15(17)16-8-6-10-19(2,18(16)21)11-12-20-14-22/h4-5,7,9,14H,3,6,8,10-13H2,1-2H3,(H,20,22). The molecule has 0 bridgehead atoms. The summed E-state index contributed by atoms with van der Waals surface area (Å²) in [6, 6.07) is 8.83. The van der Waals surface area contributed by atoms with Crippen molar-refractivity contribution >= 4 is 17.3 Å². The molecule has 0 fully saturated rings. The van der Waals surface area contributed by atoms with Gasteiger partial charge in [0, 0.05) is 35.1 Å². The Morgan fingerprint density at radius 3 is 2.95 bits per heavy atom. The van der Waals surface area contributed by atoms with Crippen LogP contribution in [0.25, 0.3) is 10.9 Å². The molecule has 0 radical (unpaired) electrons. The lowest BCUT2D eigenvalue weighted by molar-refractivity contribution is -0.109. The van der Waals surface area contributed by atoms with Crippen LogP contribution in [0.2, 0.25) is 0 Å². The number of para-hydroxylation sites is 1. The minimum absolute atomic E-state index is 0.164. The molecular weight excluding hydrogens is 272 g/mol. The summed E-state index contributed by atoms with van der Waals surface area (Å²) in [5.41, 5.74) is 4.61. The molecule has 0 aliphatic heterocycles. The molecule has 118 valence electrons. The summed E-state index contributed by atoms with van der Waals surface area (Å²) in [5, 5.41) is 4.28. The average molecular weight is 298 g/mol. The normalized spacial score (nSPS) is 20.8. The van der Waals surface area contributed by atoms with E-state index < -0.39 is 0 Å². The van der Waals surface area contributed by atoms with E-state index in [1.165, 1.54) is 35.9 Å². The molecule has 2 aromatic rings. The van der Waals surface area contributed by atoms with Gasteiger partial charge in [-0.15, -0.1) is 0 Å². The number of aryl methyl sites for hydroxylation is 2. The van der Waals surface area contributed by atoms with Crippen LogP contribution in [0, 0.1) is 0 Å². The molecule has 3 nitrogen and oxygen atoms in total. The van der Waals surface area contributed by atoms with Gasteiger partial charge in [-0.2, -0.15) is 0 Å². The van der Waals surface area contributed by atoms with Crippen molar-refractivity contribution in [1.29, 1.82) is 0 Å². The smallest absolute Gasteiger partial charge is 0.207 e. The van der Waals surface area contributed by atoms with Crippen molar-refractivity contribution in [1.82, 2.24) is 9.88 Å². The molecule has 1 aliphatic carbocycles. The molecule has 1 aromatic carbocycles. The highest BCUT2D eigenvalue weighted by Gasteiger charge is 2.36. The van der Waals surface area contributed by atoms with E-state index in [1.807, 2.05) is 0 Å². The zero-order valence-corrected chi connectivity index (χ0v) is 13.7. The number of nitrogens with one attached hydrogen (secondary N) is 1. The first kappa shape index (κ1) is 15.1. The van der Waals surface area contributed by atoms with Crippen LogP contribution in [0.3, 0.4) is 0 Å². The van der Waals surface area contributed by atoms with Gasteiger partial charge in [0.25, 0.3) is 0 Å². The molecule has 1 unspecified atom stereocenters. The molecule has 3 heteroatoms.